The third-order valence-electron chi connectivity index (χ3n) is 2.86. The standard InChI is InChI=1S/C12H10ClN3O4/c1-6-11(16(19)20)7(2)15(14-6)10-4-3-8(12(17)18)5-9(10)13/h3-5H,1-2H3,(H,17,18). The Bertz CT molecular complexity index is 724. The maximum Gasteiger partial charge on any atom is 0.335 e. The van der Waals surface area contributed by atoms with Gasteiger partial charge in [0, 0.05) is 0 Å². The van der Waals surface area contributed by atoms with Crippen LogP contribution >= 0.6 is 11.6 Å². The van der Waals surface area contributed by atoms with Crippen molar-refractivity contribution in [3.8, 4) is 5.69 Å². The highest BCUT2D eigenvalue weighted by atomic mass is 35.5. The average molecular weight is 296 g/mol. The van der Waals surface area contributed by atoms with Crippen LogP contribution in [-0.2, 0) is 0 Å². The molecule has 0 bridgehead atoms. The van der Waals surface area contributed by atoms with Gasteiger partial charge in [-0.2, -0.15) is 5.10 Å². The normalized spacial score (nSPS) is 10.6. The van der Waals surface area contributed by atoms with Crippen molar-refractivity contribution in [2.45, 2.75) is 13.8 Å². The zero-order valence-corrected chi connectivity index (χ0v) is 11.4. The third-order valence-corrected chi connectivity index (χ3v) is 3.16. The molecule has 0 spiro atoms. The van der Waals surface area contributed by atoms with Gasteiger partial charge in [0.2, 0.25) is 0 Å². The summed E-state index contributed by atoms with van der Waals surface area (Å²) in [5, 5.41) is 24.1. The zero-order valence-electron chi connectivity index (χ0n) is 10.6. The van der Waals surface area contributed by atoms with Gasteiger partial charge in [0.15, 0.2) is 0 Å². The van der Waals surface area contributed by atoms with Gasteiger partial charge >= 0.3 is 11.7 Å². The van der Waals surface area contributed by atoms with E-state index in [4.69, 9.17) is 16.7 Å². The second-order valence-electron chi connectivity index (χ2n) is 4.16. The average Bonchev–Trinajstić information content (AvgIpc) is 2.64. The highest BCUT2D eigenvalue weighted by Gasteiger charge is 2.23. The molecule has 1 heterocycles. The molecule has 0 aliphatic rings. The molecular weight excluding hydrogens is 286 g/mol. The number of hydrogen-bond acceptors (Lipinski definition) is 4. The number of aryl methyl sites for hydroxylation is 1. The van der Waals surface area contributed by atoms with Gasteiger partial charge in [0.1, 0.15) is 11.4 Å². The molecule has 0 saturated carbocycles. The Hall–Kier alpha value is -2.41. The number of rotatable bonds is 3. The van der Waals surface area contributed by atoms with Crippen molar-refractivity contribution in [1.82, 2.24) is 9.78 Å². The molecule has 2 aromatic rings. The minimum atomic E-state index is -1.10. The van der Waals surface area contributed by atoms with E-state index >= 15 is 0 Å². The van der Waals surface area contributed by atoms with Gasteiger partial charge in [-0.1, -0.05) is 11.6 Å². The summed E-state index contributed by atoms with van der Waals surface area (Å²) in [5.74, 6) is -1.10. The molecule has 1 aromatic carbocycles. The Morgan fingerprint density at radius 2 is 2.10 bits per heavy atom. The summed E-state index contributed by atoms with van der Waals surface area (Å²) >= 11 is 6.03. The summed E-state index contributed by atoms with van der Waals surface area (Å²) in [6.45, 7) is 3.08. The van der Waals surface area contributed by atoms with E-state index in [1.54, 1.807) is 6.92 Å². The molecule has 1 aromatic heterocycles. The molecule has 0 atom stereocenters. The molecule has 8 heteroatoms. The summed E-state index contributed by atoms with van der Waals surface area (Å²) in [7, 11) is 0. The van der Waals surface area contributed by atoms with E-state index in [1.807, 2.05) is 0 Å². The smallest absolute Gasteiger partial charge is 0.335 e. The zero-order chi connectivity index (χ0) is 15.0. The summed E-state index contributed by atoms with van der Waals surface area (Å²) in [6.07, 6.45) is 0. The summed E-state index contributed by atoms with van der Waals surface area (Å²) < 4.78 is 1.33. The van der Waals surface area contributed by atoms with Gasteiger partial charge in [-0.05, 0) is 32.0 Å². The number of nitro groups is 1. The highest BCUT2D eigenvalue weighted by molar-refractivity contribution is 6.32. The van der Waals surface area contributed by atoms with Crippen molar-refractivity contribution in [2.75, 3.05) is 0 Å². The van der Waals surface area contributed by atoms with Crippen molar-refractivity contribution in [3.63, 3.8) is 0 Å². The third kappa shape index (κ3) is 2.23. The Morgan fingerprint density at radius 3 is 2.55 bits per heavy atom. The lowest BCUT2D eigenvalue weighted by Crippen LogP contribution is -2.03. The predicted molar refractivity (Wildman–Crippen MR) is 71.7 cm³/mol. The van der Waals surface area contributed by atoms with E-state index in [0.717, 1.165) is 0 Å². The molecule has 0 aliphatic heterocycles. The fourth-order valence-corrected chi connectivity index (χ4v) is 2.21. The second kappa shape index (κ2) is 4.93. The summed E-state index contributed by atoms with van der Waals surface area (Å²) in [6, 6.07) is 4.11. The Balaban J connectivity index is 2.61. The number of carboxylic acids is 1. The lowest BCUT2D eigenvalue weighted by atomic mass is 10.2. The predicted octanol–water partition coefficient (Wildman–Crippen LogP) is 2.75. The van der Waals surface area contributed by atoms with Crippen LogP contribution in [0.1, 0.15) is 21.7 Å². The topological polar surface area (TPSA) is 98.3 Å². The molecule has 20 heavy (non-hydrogen) atoms. The van der Waals surface area contributed by atoms with Gasteiger partial charge in [0.05, 0.1) is 21.2 Å². The maximum absolute atomic E-state index is 11.0. The van der Waals surface area contributed by atoms with Crippen LogP contribution < -0.4 is 0 Å². The first-order valence-electron chi connectivity index (χ1n) is 5.56. The quantitative estimate of drug-likeness (QED) is 0.693. The van der Waals surface area contributed by atoms with E-state index in [1.165, 1.54) is 29.8 Å². The van der Waals surface area contributed by atoms with E-state index in [0.29, 0.717) is 11.4 Å². The fraction of sp³-hybridized carbons (Fsp3) is 0.167. The molecule has 0 saturated heterocycles. The monoisotopic (exact) mass is 295 g/mol. The van der Waals surface area contributed by atoms with Crippen molar-refractivity contribution in [1.29, 1.82) is 0 Å². The molecule has 0 aliphatic carbocycles. The Labute approximate surface area is 118 Å². The molecule has 7 nitrogen and oxygen atoms in total. The van der Waals surface area contributed by atoms with Gasteiger partial charge in [0.25, 0.3) is 0 Å². The first-order valence-corrected chi connectivity index (χ1v) is 5.94. The number of nitrogens with zero attached hydrogens (tertiary/aromatic N) is 3. The van der Waals surface area contributed by atoms with Crippen LogP contribution in [0.2, 0.25) is 5.02 Å². The number of carboxylic acid groups (broad SMARTS) is 1. The first-order chi connectivity index (χ1) is 9.32. The number of halogens is 1. The van der Waals surface area contributed by atoms with Crippen molar-refractivity contribution < 1.29 is 14.8 Å². The van der Waals surface area contributed by atoms with Crippen LogP contribution in [0.4, 0.5) is 5.69 Å². The molecule has 0 amide bonds. The van der Waals surface area contributed by atoms with Crippen molar-refractivity contribution >= 4 is 23.3 Å². The number of carbonyl (C=O) groups is 1. The molecule has 104 valence electrons. The molecule has 0 radical (unpaired) electrons. The SMILES string of the molecule is Cc1nn(-c2ccc(C(=O)O)cc2Cl)c(C)c1[N+](=O)[O-]. The minimum absolute atomic E-state index is 0.0368. The molecule has 1 N–H and O–H groups in total. The van der Waals surface area contributed by atoms with Crippen LogP contribution in [-0.4, -0.2) is 25.8 Å². The summed E-state index contributed by atoms with van der Waals surface area (Å²) in [4.78, 5) is 21.3. The number of benzene rings is 1. The van der Waals surface area contributed by atoms with Crippen LogP contribution in [0.3, 0.4) is 0 Å². The lowest BCUT2D eigenvalue weighted by Gasteiger charge is -2.06. The van der Waals surface area contributed by atoms with E-state index < -0.39 is 10.9 Å². The van der Waals surface area contributed by atoms with E-state index in [-0.39, 0.29) is 22.0 Å². The maximum atomic E-state index is 11.0. The molecular formula is C12H10ClN3O4. The van der Waals surface area contributed by atoms with Crippen LogP contribution in [0.5, 0.6) is 0 Å². The lowest BCUT2D eigenvalue weighted by molar-refractivity contribution is -0.386. The van der Waals surface area contributed by atoms with Gasteiger partial charge in [-0.3, -0.25) is 10.1 Å². The van der Waals surface area contributed by atoms with Crippen molar-refractivity contribution in [3.05, 3.63) is 50.3 Å². The van der Waals surface area contributed by atoms with Crippen LogP contribution in [0, 0.1) is 24.0 Å². The Morgan fingerprint density at radius 1 is 1.45 bits per heavy atom. The van der Waals surface area contributed by atoms with Crippen molar-refractivity contribution in [2.24, 2.45) is 0 Å². The number of hydrogen-bond donors (Lipinski definition) is 1. The van der Waals surface area contributed by atoms with Gasteiger partial charge in [-0.15, -0.1) is 0 Å². The highest BCUT2D eigenvalue weighted by Crippen LogP contribution is 2.28. The first kappa shape index (κ1) is 14.0. The fourth-order valence-electron chi connectivity index (χ4n) is 1.94. The van der Waals surface area contributed by atoms with E-state index in [9.17, 15) is 14.9 Å². The van der Waals surface area contributed by atoms with Crippen LogP contribution in [0.15, 0.2) is 18.2 Å². The minimum Gasteiger partial charge on any atom is -0.478 e. The number of aromatic carboxylic acids is 1. The Kier molecular flexibility index (Phi) is 3.46. The van der Waals surface area contributed by atoms with Gasteiger partial charge in [-0.25, -0.2) is 9.48 Å². The molecule has 0 unspecified atom stereocenters. The molecule has 2 rings (SSSR count). The number of aromatic nitrogens is 2. The largest absolute Gasteiger partial charge is 0.478 e. The summed E-state index contributed by atoms with van der Waals surface area (Å²) in [5.41, 5.74) is 0.951. The second-order valence-corrected chi connectivity index (χ2v) is 4.57. The molecule has 0 fully saturated rings. The van der Waals surface area contributed by atoms with Crippen LogP contribution in [0.25, 0.3) is 5.69 Å². The van der Waals surface area contributed by atoms with Gasteiger partial charge < -0.3 is 5.11 Å². The van der Waals surface area contributed by atoms with E-state index in [2.05, 4.69) is 5.10 Å².